The Morgan fingerprint density at radius 1 is 1.00 bits per heavy atom. The molecule has 2 aromatic rings. The molecule has 0 saturated carbocycles. The molecule has 2 N–H and O–H groups in total. The number of alkyl halides is 3. The monoisotopic (exact) mass is 500 g/mol. The van der Waals surface area contributed by atoms with E-state index in [9.17, 15) is 37.7 Å². The molecule has 36 heavy (non-hydrogen) atoms. The minimum atomic E-state index is -5.16. The summed E-state index contributed by atoms with van der Waals surface area (Å²) in [7, 11) is 1.84. The lowest BCUT2D eigenvalue weighted by Gasteiger charge is -2.37. The first-order valence-corrected chi connectivity index (χ1v) is 9.98. The Hall–Kier alpha value is -4.84. The first-order valence-electron chi connectivity index (χ1n) is 9.98. The van der Waals surface area contributed by atoms with E-state index in [2.05, 4.69) is 0 Å². The second-order valence-electron chi connectivity index (χ2n) is 7.26. The molecule has 0 radical (unpaired) electrons. The van der Waals surface area contributed by atoms with Gasteiger partial charge in [0.2, 0.25) is 0 Å². The fraction of sp³-hybridized carbons (Fsp3) is 0.167. The summed E-state index contributed by atoms with van der Waals surface area (Å²) in [6, 6.07) is 11.6. The average Bonchev–Trinajstić information content (AvgIpc) is 2.86. The molecule has 3 rings (SSSR count). The van der Waals surface area contributed by atoms with E-state index in [-0.39, 0.29) is 5.56 Å². The molecule has 1 aliphatic rings. The molecule has 0 aliphatic carbocycles. The van der Waals surface area contributed by atoms with Gasteiger partial charge in [0.1, 0.15) is 29.0 Å². The van der Waals surface area contributed by atoms with Crippen LogP contribution in [0.3, 0.4) is 0 Å². The van der Waals surface area contributed by atoms with Crippen LogP contribution >= 0.6 is 0 Å². The van der Waals surface area contributed by atoms with Crippen molar-refractivity contribution in [3.05, 3.63) is 87.6 Å². The van der Waals surface area contributed by atoms with E-state index < -0.39 is 69.3 Å². The van der Waals surface area contributed by atoms with Gasteiger partial charge in [-0.1, -0.05) is 30.3 Å². The summed E-state index contributed by atoms with van der Waals surface area (Å²) in [4.78, 5) is 26.3. The van der Waals surface area contributed by atoms with Gasteiger partial charge in [0.15, 0.2) is 0 Å². The van der Waals surface area contributed by atoms with Crippen molar-refractivity contribution in [2.45, 2.75) is 12.1 Å². The lowest BCUT2D eigenvalue weighted by atomic mass is 9.80. The largest absolute Gasteiger partial charge is 0.466 e. The third-order valence-electron chi connectivity index (χ3n) is 5.38. The van der Waals surface area contributed by atoms with Gasteiger partial charge in [-0.05, 0) is 17.7 Å². The maximum absolute atomic E-state index is 14.6. The minimum Gasteiger partial charge on any atom is -0.466 e. The summed E-state index contributed by atoms with van der Waals surface area (Å²) < 4.78 is 66.2. The second-order valence-corrected chi connectivity index (χ2v) is 7.26. The number of nitriles is 2. The van der Waals surface area contributed by atoms with Crippen molar-refractivity contribution in [2.24, 2.45) is 5.73 Å². The Morgan fingerprint density at radius 2 is 1.61 bits per heavy atom. The van der Waals surface area contributed by atoms with Crippen molar-refractivity contribution >= 4 is 17.6 Å². The zero-order chi connectivity index (χ0) is 26.8. The number of nitrogens with zero attached hydrogens (tertiary/aromatic N) is 3. The maximum atomic E-state index is 14.6. The predicted molar refractivity (Wildman–Crippen MR) is 116 cm³/mol. The second kappa shape index (κ2) is 9.80. The van der Waals surface area contributed by atoms with E-state index >= 15 is 0 Å². The highest BCUT2D eigenvalue weighted by atomic mass is 19.4. The summed E-state index contributed by atoms with van der Waals surface area (Å²) in [5.41, 5.74) is 0.639. The SMILES string of the molecule is COC(=O)C1=C(C(=O)OC)N(c2c(C(F)(F)F)ccc(F)c2C#N)C(N)=C(C#N)C1c1ccccc1. The number of rotatable bonds is 4. The minimum absolute atomic E-state index is 0.272. The molecule has 2 aromatic carbocycles. The summed E-state index contributed by atoms with van der Waals surface area (Å²) in [6.07, 6.45) is -5.16. The fourth-order valence-electron chi connectivity index (χ4n) is 3.88. The van der Waals surface area contributed by atoms with E-state index in [4.69, 9.17) is 15.2 Å². The predicted octanol–water partition coefficient (Wildman–Crippen LogP) is 3.61. The van der Waals surface area contributed by atoms with Crippen LogP contribution in [0.2, 0.25) is 0 Å². The van der Waals surface area contributed by atoms with E-state index in [0.717, 1.165) is 14.2 Å². The lowest BCUT2D eigenvalue weighted by molar-refractivity contribution is -0.139. The fourth-order valence-corrected chi connectivity index (χ4v) is 3.88. The molecule has 0 aromatic heterocycles. The van der Waals surface area contributed by atoms with Crippen molar-refractivity contribution < 1.29 is 36.6 Å². The van der Waals surface area contributed by atoms with Gasteiger partial charge in [-0.2, -0.15) is 23.7 Å². The number of nitrogens with two attached hydrogens (primary N) is 1. The van der Waals surface area contributed by atoms with Gasteiger partial charge in [0, 0.05) is 0 Å². The van der Waals surface area contributed by atoms with Gasteiger partial charge < -0.3 is 15.2 Å². The zero-order valence-electron chi connectivity index (χ0n) is 18.7. The highest BCUT2D eigenvalue weighted by molar-refractivity contribution is 6.06. The normalized spacial score (nSPS) is 15.8. The van der Waals surface area contributed by atoms with Crippen LogP contribution in [0.15, 0.2) is 65.1 Å². The number of allylic oxidation sites excluding steroid dienone is 1. The quantitative estimate of drug-likeness (QED) is 0.498. The number of ether oxygens (including phenoxy) is 2. The van der Waals surface area contributed by atoms with Gasteiger partial charge in [-0.25, -0.2) is 14.0 Å². The van der Waals surface area contributed by atoms with Gasteiger partial charge >= 0.3 is 18.1 Å². The number of anilines is 1. The lowest BCUT2D eigenvalue weighted by Crippen LogP contribution is -2.42. The van der Waals surface area contributed by atoms with Crippen LogP contribution < -0.4 is 10.6 Å². The number of halogens is 4. The van der Waals surface area contributed by atoms with E-state index in [1.807, 2.05) is 0 Å². The Morgan fingerprint density at radius 3 is 2.11 bits per heavy atom. The Bertz CT molecular complexity index is 1390. The number of hydrogen-bond acceptors (Lipinski definition) is 8. The highest BCUT2D eigenvalue weighted by Crippen LogP contribution is 2.47. The van der Waals surface area contributed by atoms with Gasteiger partial charge in [-0.15, -0.1) is 0 Å². The number of esters is 2. The van der Waals surface area contributed by atoms with Gasteiger partial charge in [-0.3, -0.25) is 4.90 Å². The van der Waals surface area contributed by atoms with Crippen LogP contribution in [0, 0.1) is 28.5 Å². The van der Waals surface area contributed by atoms with Crippen LogP contribution in [0.4, 0.5) is 23.2 Å². The Balaban J connectivity index is 2.59. The molecule has 0 spiro atoms. The van der Waals surface area contributed by atoms with E-state index in [1.165, 1.54) is 18.2 Å². The third kappa shape index (κ3) is 4.20. The Labute approximate surface area is 202 Å². The number of methoxy groups -OCH3 is 2. The molecule has 1 aliphatic heterocycles. The van der Waals surface area contributed by atoms with Crippen LogP contribution in [-0.4, -0.2) is 26.2 Å². The number of carbonyl (C=O) groups excluding carboxylic acids is 2. The molecule has 0 saturated heterocycles. The first-order chi connectivity index (χ1) is 17.0. The molecule has 1 heterocycles. The summed E-state index contributed by atoms with van der Waals surface area (Å²) in [5.74, 6) is -6.01. The Kier molecular flexibility index (Phi) is 7.02. The average molecular weight is 500 g/mol. The first kappa shape index (κ1) is 25.8. The molecular formula is C24H16F4N4O4. The molecule has 8 nitrogen and oxygen atoms in total. The van der Waals surface area contributed by atoms with Crippen LogP contribution in [0.25, 0.3) is 0 Å². The highest BCUT2D eigenvalue weighted by Gasteiger charge is 2.46. The van der Waals surface area contributed by atoms with Crippen molar-refractivity contribution in [3.8, 4) is 12.1 Å². The summed E-state index contributed by atoms with van der Waals surface area (Å²) >= 11 is 0. The topological polar surface area (TPSA) is 129 Å². The molecule has 0 fully saturated rings. The van der Waals surface area contributed by atoms with Gasteiger partial charge in [0.05, 0.1) is 48.6 Å². The smallest absolute Gasteiger partial charge is 0.418 e. The molecule has 184 valence electrons. The van der Waals surface area contributed by atoms with Crippen molar-refractivity contribution in [3.63, 3.8) is 0 Å². The summed E-state index contributed by atoms with van der Waals surface area (Å²) in [6.45, 7) is 0. The molecule has 0 bridgehead atoms. The van der Waals surface area contributed by atoms with Crippen molar-refractivity contribution in [2.75, 3.05) is 19.1 Å². The number of hydrogen-bond donors (Lipinski definition) is 1. The van der Waals surface area contributed by atoms with Crippen LogP contribution in [0.5, 0.6) is 0 Å². The standard InChI is InChI=1S/C24H16F4N4O4/c1-35-22(33)18-17(12-6-4-3-5-7-12)14(11-30)21(31)32(20(18)23(34)36-2)19-13(10-29)16(25)9-8-15(19)24(26,27)28/h3-9,17H,31H2,1-2H3. The van der Waals surface area contributed by atoms with E-state index in [1.54, 1.807) is 24.3 Å². The van der Waals surface area contributed by atoms with E-state index in [0.29, 0.717) is 17.0 Å². The number of carbonyl (C=O) groups is 2. The number of benzene rings is 2. The van der Waals surface area contributed by atoms with Crippen LogP contribution in [-0.2, 0) is 25.2 Å². The maximum Gasteiger partial charge on any atom is 0.418 e. The van der Waals surface area contributed by atoms with Crippen molar-refractivity contribution in [1.82, 2.24) is 0 Å². The van der Waals surface area contributed by atoms with Crippen LogP contribution in [0.1, 0.15) is 22.6 Å². The zero-order valence-corrected chi connectivity index (χ0v) is 18.7. The molecule has 1 unspecified atom stereocenters. The third-order valence-corrected chi connectivity index (χ3v) is 5.38. The van der Waals surface area contributed by atoms with Gasteiger partial charge in [0.25, 0.3) is 0 Å². The molecule has 12 heteroatoms. The van der Waals surface area contributed by atoms with Crippen molar-refractivity contribution in [1.29, 1.82) is 10.5 Å². The summed E-state index contributed by atoms with van der Waals surface area (Å²) in [5, 5.41) is 19.5. The molecular weight excluding hydrogens is 484 g/mol. The molecule has 0 amide bonds. The molecule has 1 atom stereocenters.